The van der Waals surface area contributed by atoms with Crippen molar-refractivity contribution in [1.82, 2.24) is 0 Å². The molecule has 0 amide bonds. The van der Waals surface area contributed by atoms with E-state index in [1.807, 2.05) is 18.2 Å². The van der Waals surface area contributed by atoms with Gasteiger partial charge in [-0.05, 0) is 49.3 Å². The van der Waals surface area contributed by atoms with Crippen molar-refractivity contribution in [1.29, 1.82) is 0 Å². The molecular formula is C23H30O5. The lowest BCUT2D eigenvalue weighted by Gasteiger charge is -2.25. The van der Waals surface area contributed by atoms with Gasteiger partial charge in [-0.25, -0.2) is 4.79 Å². The largest absolute Gasteiger partial charge is 0.490 e. The Balaban J connectivity index is 1.41. The Kier molecular flexibility index (Phi) is 5.74. The van der Waals surface area contributed by atoms with Crippen LogP contribution in [0, 0.1) is 17.8 Å². The van der Waals surface area contributed by atoms with Crippen LogP contribution in [0.4, 0.5) is 0 Å². The van der Waals surface area contributed by atoms with Crippen LogP contribution in [0.15, 0.2) is 30.4 Å². The second-order valence-electron chi connectivity index (χ2n) is 8.69. The highest BCUT2D eigenvalue weighted by atomic mass is 16.5. The van der Waals surface area contributed by atoms with Gasteiger partial charge in [-0.15, -0.1) is 0 Å². The first-order valence-electron chi connectivity index (χ1n) is 10.6. The molecule has 0 saturated heterocycles. The van der Waals surface area contributed by atoms with E-state index in [1.54, 1.807) is 12.1 Å². The number of carbonyl (C=O) groups is 1. The van der Waals surface area contributed by atoms with E-state index in [0.29, 0.717) is 12.2 Å². The average Bonchev–Trinajstić information content (AvgIpc) is 2.80. The third-order valence-corrected chi connectivity index (χ3v) is 6.88. The van der Waals surface area contributed by atoms with Crippen molar-refractivity contribution in [3.8, 4) is 5.75 Å². The number of hydrogen-bond acceptors (Lipinski definition) is 4. The number of carboxylic acid groups (broad SMARTS) is 1. The van der Waals surface area contributed by atoms with Crippen molar-refractivity contribution in [2.45, 2.75) is 69.7 Å². The van der Waals surface area contributed by atoms with E-state index in [1.165, 1.54) is 19.3 Å². The number of aliphatic hydroxyl groups excluding tert-OH is 2. The summed E-state index contributed by atoms with van der Waals surface area (Å²) in [5, 5.41) is 30.1. The van der Waals surface area contributed by atoms with Crippen LogP contribution >= 0.6 is 0 Å². The van der Waals surface area contributed by atoms with Gasteiger partial charge in [-0.3, -0.25) is 0 Å². The smallest absolute Gasteiger partial charge is 0.335 e. The third-order valence-electron chi connectivity index (χ3n) is 6.88. The Morgan fingerprint density at radius 1 is 1.29 bits per heavy atom. The van der Waals surface area contributed by atoms with E-state index >= 15 is 0 Å². The summed E-state index contributed by atoms with van der Waals surface area (Å²) in [6.07, 6.45) is 10.8. The van der Waals surface area contributed by atoms with Crippen LogP contribution in [0.2, 0.25) is 0 Å². The minimum atomic E-state index is -0.963. The molecule has 1 aromatic carbocycles. The Morgan fingerprint density at radius 2 is 2.11 bits per heavy atom. The maximum Gasteiger partial charge on any atom is 0.335 e. The fraction of sp³-hybridized carbons (Fsp3) is 0.609. The van der Waals surface area contributed by atoms with Crippen molar-refractivity contribution in [2.24, 2.45) is 17.8 Å². The summed E-state index contributed by atoms with van der Waals surface area (Å²) >= 11 is 0. The topological polar surface area (TPSA) is 87.0 Å². The van der Waals surface area contributed by atoms with Gasteiger partial charge >= 0.3 is 5.97 Å². The quantitative estimate of drug-likeness (QED) is 0.651. The zero-order valence-corrected chi connectivity index (χ0v) is 16.2. The van der Waals surface area contributed by atoms with E-state index in [0.717, 1.165) is 37.2 Å². The van der Waals surface area contributed by atoms with Crippen molar-refractivity contribution in [3.63, 3.8) is 0 Å². The Hall–Kier alpha value is -1.85. The molecule has 0 radical (unpaired) electrons. The highest BCUT2D eigenvalue weighted by molar-refractivity contribution is 5.88. The van der Waals surface area contributed by atoms with Crippen molar-refractivity contribution in [3.05, 3.63) is 41.5 Å². The summed E-state index contributed by atoms with van der Waals surface area (Å²) in [6.45, 7) is 0. The highest BCUT2D eigenvalue weighted by Gasteiger charge is 2.43. The molecule has 5 heteroatoms. The van der Waals surface area contributed by atoms with E-state index < -0.39 is 18.2 Å². The molecule has 2 saturated carbocycles. The molecule has 3 N–H and O–H groups in total. The Labute approximate surface area is 166 Å². The van der Waals surface area contributed by atoms with Gasteiger partial charge in [-0.2, -0.15) is 0 Å². The summed E-state index contributed by atoms with van der Waals surface area (Å²) in [7, 11) is 0. The lowest BCUT2D eigenvalue weighted by atomic mass is 9.81. The van der Waals surface area contributed by atoms with Gasteiger partial charge in [0.25, 0.3) is 0 Å². The van der Waals surface area contributed by atoms with Crippen LogP contribution in [0.25, 0.3) is 0 Å². The van der Waals surface area contributed by atoms with Gasteiger partial charge in [0.15, 0.2) is 0 Å². The van der Waals surface area contributed by atoms with Crippen LogP contribution in [0.1, 0.15) is 60.9 Å². The molecule has 0 aromatic heterocycles. The lowest BCUT2D eigenvalue weighted by Crippen LogP contribution is -2.24. The lowest BCUT2D eigenvalue weighted by molar-refractivity contribution is 0.0695. The normalized spacial score (nSPS) is 30.8. The fourth-order valence-electron chi connectivity index (χ4n) is 4.92. The average molecular weight is 386 g/mol. The van der Waals surface area contributed by atoms with Crippen LogP contribution in [0.3, 0.4) is 0 Å². The van der Waals surface area contributed by atoms with Gasteiger partial charge < -0.3 is 20.1 Å². The predicted octanol–water partition coefficient (Wildman–Crippen LogP) is 3.57. The summed E-state index contributed by atoms with van der Waals surface area (Å²) in [6, 6.07) is 5.06. The second kappa shape index (κ2) is 8.26. The third kappa shape index (κ3) is 4.11. The number of aliphatic hydroxyl groups is 2. The minimum absolute atomic E-state index is 0.0309. The molecule has 4 rings (SSSR count). The molecule has 1 aliphatic heterocycles. The molecule has 152 valence electrons. The van der Waals surface area contributed by atoms with E-state index in [9.17, 15) is 20.1 Å². The van der Waals surface area contributed by atoms with Crippen LogP contribution in [-0.4, -0.2) is 39.6 Å². The maximum absolute atomic E-state index is 11.2. The second-order valence-corrected chi connectivity index (χ2v) is 8.69. The number of aryl methyl sites for hydroxylation is 1. The van der Waals surface area contributed by atoms with E-state index in [4.69, 9.17) is 4.74 Å². The molecule has 28 heavy (non-hydrogen) atoms. The molecule has 5 atom stereocenters. The van der Waals surface area contributed by atoms with E-state index in [2.05, 4.69) is 0 Å². The van der Waals surface area contributed by atoms with Gasteiger partial charge in [0.1, 0.15) is 11.9 Å². The number of benzene rings is 1. The van der Waals surface area contributed by atoms with Gasteiger partial charge in [0.05, 0.1) is 17.8 Å². The zero-order valence-electron chi connectivity index (χ0n) is 16.2. The van der Waals surface area contributed by atoms with Crippen LogP contribution in [-0.2, 0) is 6.42 Å². The molecule has 1 aromatic rings. The number of aromatic carboxylic acids is 1. The molecule has 2 fully saturated rings. The summed E-state index contributed by atoms with van der Waals surface area (Å²) in [5.74, 6) is 0.594. The highest BCUT2D eigenvalue weighted by Crippen LogP contribution is 2.42. The first kappa shape index (κ1) is 19.5. The maximum atomic E-state index is 11.2. The molecule has 1 heterocycles. The molecule has 3 aliphatic rings. The first-order chi connectivity index (χ1) is 13.5. The minimum Gasteiger partial charge on any atom is -0.490 e. The fourth-order valence-corrected chi connectivity index (χ4v) is 4.92. The molecule has 0 bridgehead atoms. The summed E-state index contributed by atoms with van der Waals surface area (Å²) in [5.41, 5.74) is 1.25. The monoisotopic (exact) mass is 386 g/mol. The Morgan fingerprint density at radius 3 is 2.82 bits per heavy atom. The van der Waals surface area contributed by atoms with Crippen LogP contribution < -0.4 is 4.74 Å². The summed E-state index contributed by atoms with van der Waals surface area (Å²) in [4.78, 5) is 11.2. The van der Waals surface area contributed by atoms with Crippen LogP contribution in [0.5, 0.6) is 5.75 Å². The molecular weight excluding hydrogens is 356 g/mol. The number of rotatable bonds is 6. The van der Waals surface area contributed by atoms with Crippen molar-refractivity contribution < 1.29 is 24.9 Å². The van der Waals surface area contributed by atoms with Crippen molar-refractivity contribution >= 4 is 5.97 Å². The number of carboxylic acids is 1. The molecule has 0 spiro atoms. The van der Waals surface area contributed by atoms with Gasteiger partial charge in [0, 0.05) is 18.3 Å². The van der Waals surface area contributed by atoms with Crippen molar-refractivity contribution in [2.75, 3.05) is 0 Å². The van der Waals surface area contributed by atoms with E-state index in [-0.39, 0.29) is 23.5 Å². The zero-order chi connectivity index (χ0) is 19.7. The predicted molar refractivity (Wildman–Crippen MR) is 105 cm³/mol. The Bertz CT molecular complexity index is 739. The number of ether oxygens (including phenoxy) is 1. The number of fused-ring (bicyclic) bond motifs is 2. The van der Waals surface area contributed by atoms with Gasteiger partial charge in [0.2, 0.25) is 0 Å². The number of hydrogen-bond donors (Lipinski definition) is 3. The summed E-state index contributed by atoms with van der Waals surface area (Å²) < 4.78 is 6.16. The standard InChI is InChI=1S/C23H30O5/c24-17(8-4-14-2-1-3-14)9-11-18-19-10-7-15-5-6-16(23(26)27)12-21(15)28-22(19)13-20(18)25/h5-6,9,11-12,14,17-20,22,24-25H,1-4,7-8,10,13H2,(H,26,27)/b11-9+/t17-,18+,19+,20+,22-/m0/s1. The molecule has 2 aliphatic carbocycles. The molecule has 0 unspecified atom stereocenters. The SMILES string of the molecule is O=C(O)c1ccc2c(c1)O[C@H]1C[C@@H](O)[C@H](/C=C/[C@@H](O)CCC3CCC3)[C@H]1CC2. The first-order valence-corrected chi connectivity index (χ1v) is 10.6. The van der Waals surface area contributed by atoms with Gasteiger partial charge in [-0.1, -0.05) is 37.5 Å². The molecule has 5 nitrogen and oxygen atoms in total.